The minimum Gasteiger partial charge on any atom is -0.472 e. The van der Waals surface area contributed by atoms with Crippen molar-refractivity contribution >= 4 is 11.6 Å². The first kappa shape index (κ1) is 14.2. The van der Waals surface area contributed by atoms with Crippen molar-refractivity contribution < 1.29 is 4.42 Å². The van der Waals surface area contributed by atoms with Crippen LogP contribution in [0.2, 0.25) is 5.02 Å². The van der Waals surface area contributed by atoms with E-state index in [9.17, 15) is 0 Å². The third-order valence-corrected chi connectivity index (χ3v) is 3.50. The summed E-state index contributed by atoms with van der Waals surface area (Å²) in [5.41, 5.74) is 3.74. The van der Waals surface area contributed by atoms with Crippen LogP contribution < -0.4 is 5.32 Å². The molecule has 1 N–H and O–H groups in total. The Balaban J connectivity index is 2.20. The maximum absolute atomic E-state index is 6.03. The van der Waals surface area contributed by atoms with Crippen LogP contribution >= 0.6 is 11.6 Å². The Morgan fingerprint density at radius 3 is 2.79 bits per heavy atom. The van der Waals surface area contributed by atoms with Crippen molar-refractivity contribution in [3.63, 3.8) is 0 Å². The van der Waals surface area contributed by atoms with Gasteiger partial charge in [0.05, 0.1) is 12.5 Å². The van der Waals surface area contributed by atoms with E-state index in [1.807, 2.05) is 24.5 Å². The van der Waals surface area contributed by atoms with Crippen molar-refractivity contribution in [2.24, 2.45) is 0 Å². The van der Waals surface area contributed by atoms with E-state index in [1.165, 1.54) is 16.7 Å². The highest BCUT2D eigenvalue weighted by molar-refractivity contribution is 6.30. The third-order valence-electron chi connectivity index (χ3n) is 3.27. The van der Waals surface area contributed by atoms with Crippen LogP contribution in [0, 0.1) is 6.92 Å². The van der Waals surface area contributed by atoms with Crippen LogP contribution in [0.1, 0.15) is 36.1 Å². The van der Waals surface area contributed by atoms with E-state index in [0.29, 0.717) is 6.04 Å². The number of hydrogen-bond donors (Lipinski definition) is 1. The molecule has 3 heteroatoms. The first-order chi connectivity index (χ1) is 9.20. The molecule has 1 atom stereocenters. The van der Waals surface area contributed by atoms with Crippen LogP contribution in [-0.4, -0.2) is 6.54 Å². The molecule has 0 radical (unpaired) electrons. The Morgan fingerprint density at radius 1 is 1.32 bits per heavy atom. The zero-order valence-electron chi connectivity index (χ0n) is 11.4. The minimum atomic E-state index is 0.301. The van der Waals surface area contributed by atoms with Crippen LogP contribution in [0.4, 0.5) is 0 Å². The number of furan rings is 1. The van der Waals surface area contributed by atoms with Gasteiger partial charge in [-0.1, -0.05) is 24.6 Å². The van der Waals surface area contributed by atoms with E-state index < -0.39 is 0 Å². The van der Waals surface area contributed by atoms with Gasteiger partial charge in [0.2, 0.25) is 0 Å². The number of benzene rings is 1. The summed E-state index contributed by atoms with van der Waals surface area (Å²) in [5, 5.41) is 4.39. The average Bonchev–Trinajstić information content (AvgIpc) is 2.88. The maximum Gasteiger partial charge on any atom is 0.0935 e. The van der Waals surface area contributed by atoms with E-state index in [1.54, 1.807) is 6.26 Å². The lowest BCUT2D eigenvalue weighted by Crippen LogP contribution is -2.24. The van der Waals surface area contributed by atoms with Gasteiger partial charge in [-0.3, -0.25) is 0 Å². The zero-order chi connectivity index (χ0) is 13.7. The van der Waals surface area contributed by atoms with Gasteiger partial charge in [-0.15, -0.1) is 0 Å². The van der Waals surface area contributed by atoms with Gasteiger partial charge in [-0.05, 0) is 61.2 Å². The Bertz CT molecular complexity index is 507. The predicted octanol–water partition coefficient (Wildman–Crippen LogP) is 4.52. The summed E-state index contributed by atoms with van der Waals surface area (Å²) >= 11 is 6.03. The molecule has 0 bridgehead atoms. The summed E-state index contributed by atoms with van der Waals surface area (Å²) in [6.07, 6.45) is 5.58. The molecule has 2 nitrogen and oxygen atoms in total. The largest absolute Gasteiger partial charge is 0.472 e. The molecule has 0 spiro atoms. The first-order valence-electron chi connectivity index (χ1n) is 6.71. The first-order valence-corrected chi connectivity index (χ1v) is 7.09. The fourth-order valence-electron chi connectivity index (χ4n) is 2.29. The molecule has 0 saturated carbocycles. The molecule has 0 aliphatic rings. The number of nitrogens with one attached hydrogen (secondary N) is 1. The average molecular weight is 278 g/mol. The maximum atomic E-state index is 6.03. The minimum absolute atomic E-state index is 0.301. The molecule has 0 saturated heterocycles. The van der Waals surface area contributed by atoms with Crippen molar-refractivity contribution in [3.8, 4) is 0 Å². The molecule has 2 rings (SSSR count). The Labute approximate surface area is 119 Å². The quantitative estimate of drug-likeness (QED) is 0.839. The number of hydrogen-bond acceptors (Lipinski definition) is 2. The summed E-state index contributed by atoms with van der Waals surface area (Å²) in [5.74, 6) is 0. The molecule has 2 aromatic rings. The zero-order valence-corrected chi connectivity index (χ0v) is 12.2. The van der Waals surface area contributed by atoms with Crippen molar-refractivity contribution in [2.75, 3.05) is 6.54 Å². The van der Waals surface area contributed by atoms with Gasteiger partial charge in [-0.2, -0.15) is 0 Å². The molecular weight excluding hydrogens is 258 g/mol. The van der Waals surface area contributed by atoms with E-state index >= 15 is 0 Å². The molecule has 1 aromatic heterocycles. The molecule has 1 aromatic carbocycles. The van der Waals surface area contributed by atoms with E-state index in [-0.39, 0.29) is 0 Å². The second-order valence-corrected chi connectivity index (χ2v) is 5.28. The van der Waals surface area contributed by atoms with Gasteiger partial charge in [-0.25, -0.2) is 0 Å². The Kier molecular flexibility index (Phi) is 5.06. The monoisotopic (exact) mass is 277 g/mol. The molecule has 0 amide bonds. The lowest BCUT2D eigenvalue weighted by Gasteiger charge is -2.20. The molecule has 19 heavy (non-hydrogen) atoms. The second-order valence-electron chi connectivity index (χ2n) is 4.84. The highest BCUT2D eigenvalue weighted by atomic mass is 35.5. The number of halogens is 1. The topological polar surface area (TPSA) is 25.2 Å². The molecule has 1 heterocycles. The summed E-state index contributed by atoms with van der Waals surface area (Å²) in [7, 11) is 0. The van der Waals surface area contributed by atoms with E-state index in [0.717, 1.165) is 24.4 Å². The fraction of sp³-hybridized carbons (Fsp3) is 0.375. The second kappa shape index (κ2) is 6.78. The van der Waals surface area contributed by atoms with Crippen LogP contribution in [0.15, 0.2) is 41.2 Å². The molecule has 1 unspecified atom stereocenters. The van der Waals surface area contributed by atoms with E-state index in [2.05, 4.69) is 25.2 Å². The smallest absolute Gasteiger partial charge is 0.0935 e. The lowest BCUT2D eigenvalue weighted by molar-refractivity contribution is 0.519. The highest BCUT2D eigenvalue weighted by Crippen LogP contribution is 2.24. The number of aryl methyl sites for hydroxylation is 1. The van der Waals surface area contributed by atoms with Gasteiger partial charge in [0.15, 0.2) is 0 Å². The molecular formula is C16H20ClNO. The third kappa shape index (κ3) is 3.85. The standard InChI is InChI=1S/C16H20ClNO/c1-3-7-18-16(10-13-6-8-19-11-13)15-5-4-14(17)9-12(15)2/h4-6,8-9,11,16,18H,3,7,10H2,1-2H3. The summed E-state index contributed by atoms with van der Waals surface area (Å²) < 4.78 is 5.16. The van der Waals surface area contributed by atoms with Gasteiger partial charge in [0.1, 0.15) is 0 Å². The normalized spacial score (nSPS) is 12.6. The van der Waals surface area contributed by atoms with Gasteiger partial charge >= 0.3 is 0 Å². The summed E-state index contributed by atoms with van der Waals surface area (Å²) in [6.45, 7) is 5.29. The van der Waals surface area contributed by atoms with Crippen molar-refractivity contribution in [2.45, 2.75) is 32.7 Å². The molecule has 0 fully saturated rings. The van der Waals surface area contributed by atoms with Crippen molar-refractivity contribution in [1.29, 1.82) is 0 Å². The highest BCUT2D eigenvalue weighted by Gasteiger charge is 2.14. The Hall–Kier alpha value is -1.25. The fourth-order valence-corrected chi connectivity index (χ4v) is 2.51. The Morgan fingerprint density at radius 2 is 2.16 bits per heavy atom. The van der Waals surface area contributed by atoms with Crippen molar-refractivity contribution in [3.05, 3.63) is 58.5 Å². The van der Waals surface area contributed by atoms with Gasteiger partial charge in [0, 0.05) is 11.1 Å². The van der Waals surface area contributed by atoms with Crippen LogP contribution in [0.25, 0.3) is 0 Å². The van der Waals surface area contributed by atoms with Crippen LogP contribution in [0.5, 0.6) is 0 Å². The lowest BCUT2D eigenvalue weighted by atomic mass is 9.96. The predicted molar refractivity (Wildman–Crippen MR) is 79.6 cm³/mol. The molecule has 0 aliphatic carbocycles. The summed E-state index contributed by atoms with van der Waals surface area (Å²) in [4.78, 5) is 0. The SMILES string of the molecule is CCCNC(Cc1ccoc1)c1ccc(Cl)cc1C. The van der Waals surface area contributed by atoms with Crippen LogP contribution in [-0.2, 0) is 6.42 Å². The van der Waals surface area contributed by atoms with Crippen molar-refractivity contribution in [1.82, 2.24) is 5.32 Å². The van der Waals surface area contributed by atoms with E-state index in [4.69, 9.17) is 16.0 Å². The summed E-state index contributed by atoms with van der Waals surface area (Å²) in [6, 6.07) is 8.42. The van der Waals surface area contributed by atoms with Gasteiger partial charge in [0.25, 0.3) is 0 Å². The molecule has 0 aliphatic heterocycles. The molecule has 102 valence electrons. The van der Waals surface area contributed by atoms with Crippen LogP contribution in [0.3, 0.4) is 0 Å². The number of rotatable bonds is 6. The van der Waals surface area contributed by atoms with Gasteiger partial charge < -0.3 is 9.73 Å².